The predicted molar refractivity (Wildman–Crippen MR) is 147 cm³/mol. The van der Waals surface area contributed by atoms with E-state index in [4.69, 9.17) is 11.6 Å². The minimum atomic E-state index is -0.295. The van der Waals surface area contributed by atoms with E-state index in [-0.39, 0.29) is 11.2 Å². The number of anilines is 1. The molecule has 1 aliphatic heterocycles. The summed E-state index contributed by atoms with van der Waals surface area (Å²) in [7, 11) is 2.10. The molecule has 0 radical (unpaired) electrons. The van der Waals surface area contributed by atoms with Crippen molar-refractivity contribution in [3.05, 3.63) is 110 Å². The molecule has 186 valence electrons. The van der Waals surface area contributed by atoms with Gasteiger partial charge in [-0.05, 0) is 43.1 Å². The Morgan fingerprint density at radius 1 is 0.806 bits per heavy atom. The first-order chi connectivity index (χ1) is 17.5. The molecular weight excluding hydrogens is 472 g/mol. The fourth-order valence-corrected chi connectivity index (χ4v) is 5.19. The van der Waals surface area contributed by atoms with E-state index in [0.717, 1.165) is 43.9 Å². The van der Waals surface area contributed by atoms with Gasteiger partial charge in [-0.2, -0.15) is 0 Å². The lowest BCUT2D eigenvalue weighted by Crippen LogP contribution is -2.46. The first-order valence-corrected chi connectivity index (χ1v) is 12.9. The van der Waals surface area contributed by atoms with Crippen molar-refractivity contribution in [3.63, 3.8) is 0 Å². The van der Waals surface area contributed by atoms with Gasteiger partial charge in [0.1, 0.15) is 0 Å². The second-order valence-electron chi connectivity index (χ2n) is 9.51. The molecule has 1 fully saturated rings. The Balaban J connectivity index is 1.63. The van der Waals surface area contributed by atoms with Crippen LogP contribution < -0.4 is 16.1 Å². The number of rotatable bonds is 7. The Morgan fingerprint density at radius 3 is 2.11 bits per heavy atom. The number of piperazine rings is 1. The summed E-state index contributed by atoms with van der Waals surface area (Å²) in [5.74, 6) is 0. The second-order valence-corrected chi connectivity index (χ2v) is 9.95. The van der Waals surface area contributed by atoms with Crippen molar-refractivity contribution in [3.8, 4) is 0 Å². The van der Waals surface area contributed by atoms with Crippen LogP contribution >= 0.6 is 11.6 Å². The Labute approximate surface area is 216 Å². The third kappa shape index (κ3) is 5.11. The van der Waals surface area contributed by atoms with Crippen LogP contribution in [0.15, 0.2) is 82.4 Å². The molecule has 5 rings (SSSR count). The van der Waals surface area contributed by atoms with Crippen LogP contribution in [0.2, 0.25) is 5.02 Å². The molecule has 0 N–H and O–H groups in total. The SMILES string of the molecule is CN1CCN(c2cc(Cl)cc3c2c(=O)n(CCCc2ccccc2)c(=O)n3Cc2ccccc2)CC1. The van der Waals surface area contributed by atoms with Gasteiger partial charge in [0, 0.05) is 37.7 Å². The van der Waals surface area contributed by atoms with E-state index in [1.54, 1.807) is 10.6 Å². The number of aryl methyl sites for hydroxylation is 1. The molecule has 2 heterocycles. The molecule has 0 bridgehead atoms. The highest BCUT2D eigenvalue weighted by Gasteiger charge is 2.22. The minimum absolute atomic E-state index is 0.238. The highest BCUT2D eigenvalue weighted by molar-refractivity contribution is 6.31. The van der Waals surface area contributed by atoms with Gasteiger partial charge in [0.25, 0.3) is 5.56 Å². The van der Waals surface area contributed by atoms with Crippen molar-refractivity contribution in [1.29, 1.82) is 0 Å². The van der Waals surface area contributed by atoms with Crippen LogP contribution in [0.3, 0.4) is 0 Å². The molecule has 0 amide bonds. The summed E-state index contributed by atoms with van der Waals surface area (Å²) in [5, 5.41) is 1.10. The van der Waals surface area contributed by atoms with Crippen molar-refractivity contribution < 1.29 is 0 Å². The first-order valence-electron chi connectivity index (χ1n) is 12.5. The van der Waals surface area contributed by atoms with Crippen LogP contribution in [0, 0.1) is 0 Å². The number of benzene rings is 3. The van der Waals surface area contributed by atoms with Crippen LogP contribution in [0.4, 0.5) is 5.69 Å². The second kappa shape index (κ2) is 10.7. The van der Waals surface area contributed by atoms with Gasteiger partial charge < -0.3 is 9.80 Å². The quantitative estimate of drug-likeness (QED) is 0.379. The lowest BCUT2D eigenvalue weighted by molar-refractivity contribution is 0.313. The maximum atomic E-state index is 13.9. The average Bonchev–Trinajstić information content (AvgIpc) is 2.89. The van der Waals surface area contributed by atoms with Crippen molar-refractivity contribution in [1.82, 2.24) is 14.0 Å². The van der Waals surface area contributed by atoms with E-state index in [1.165, 1.54) is 10.1 Å². The molecule has 4 aromatic rings. The normalized spacial score (nSPS) is 14.4. The first kappa shape index (κ1) is 24.3. The van der Waals surface area contributed by atoms with Gasteiger partial charge in [0.2, 0.25) is 0 Å². The van der Waals surface area contributed by atoms with Gasteiger partial charge in [-0.25, -0.2) is 4.79 Å². The molecule has 3 aromatic carbocycles. The van der Waals surface area contributed by atoms with Crippen molar-refractivity contribution in [2.24, 2.45) is 0 Å². The van der Waals surface area contributed by atoms with Crippen LogP contribution in [-0.2, 0) is 19.5 Å². The Kier molecular flexibility index (Phi) is 7.25. The van der Waals surface area contributed by atoms with Gasteiger partial charge in [-0.15, -0.1) is 0 Å². The van der Waals surface area contributed by atoms with E-state index in [1.807, 2.05) is 54.6 Å². The smallest absolute Gasteiger partial charge is 0.331 e. The molecule has 7 heteroatoms. The Hall–Kier alpha value is -3.35. The van der Waals surface area contributed by atoms with Crippen LogP contribution in [0.5, 0.6) is 0 Å². The summed E-state index contributed by atoms with van der Waals surface area (Å²) in [6.45, 7) is 4.15. The average molecular weight is 503 g/mol. The zero-order valence-corrected chi connectivity index (χ0v) is 21.3. The topological polar surface area (TPSA) is 50.5 Å². The Bertz CT molecular complexity index is 1460. The largest absolute Gasteiger partial charge is 0.368 e. The van der Waals surface area contributed by atoms with Crippen LogP contribution in [0.1, 0.15) is 17.5 Å². The molecule has 0 spiro atoms. The summed E-state index contributed by atoms with van der Waals surface area (Å²) >= 11 is 6.58. The molecule has 1 aromatic heterocycles. The molecule has 0 aliphatic carbocycles. The van der Waals surface area contributed by atoms with E-state index < -0.39 is 0 Å². The van der Waals surface area contributed by atoms with E-state index in [0.29, 0.717) is 35.4 Å². The summed E-state index contributed by atoms with van der Waals surface area (Å²) in [6.07, 6.45) is 1.50. The fraction of sp³-hybridized carbons (Fsp3) is 0.310. The number of fused-ring (bicyclic) bond motifs is 1. The maximum absolute atomic E-state index is 13.9. The lowest BCUT2D eigenvalue weighted by Gasteiger charge is -2.34. The zero-order chi connectivity index (χ0) is 25.1. The van der Waals surface area contributed by atoms with Crippen molar-refractivity contribution in [2.45, 2.75) is 25.9 Å². The molecule has 0 saturated carbocycles. The number of nitrogens with zero attached hydrogens (tertiary/aromatic N) is 4. The Morgan fingerprint density at radius 2 is 1.44 bits per heavy atom. The number of halogens is 1. The van der Waals surface area contributed by atoms with Crippen molar-refractivity contribution in [2.75, 3.05) is 38.1 Å². The molecule has 1 aliphatic rings. The predicted octanol–water partition coefficient (Wildman–Crippen LogP) is 4.25. The summed E-state index contributed by atoms with van der Waals surface area (Å²) in [5.41, 5.74) is 3.06. The van der Waals surface area contributed by atoms with Gasteiger partial charge in [0.15, 0.2) is 0 Å². The van der Waals surface area contributed by atoms with E-state index >= 15 is 0 Å². The summed E-state index contributed by atoms with van der Waals surface area (Å²) in [6, 6.07) is 23.7. The van der Waals surface area contributed by atoms with Crippen LogP contribution in [0.25, 0.3) is 10.9 Å². The molecule has 0 atom stereocenters. The van der Waals surface area contributed by atoms with E-state index in [2.05, 4.69) is 29.0 Å². The molecule has 6 nitrogen and oxygen atoms in total. The monoisotopic (exact) mass is 502 g/mol. The third-order valence-electron chi connectivity index (χ3n) is 6.99. The zero-order valence-electron chi connectivity index (χ0n) is 20.6. The van der Waals surface area contributed by atoms with Crippen molar-refractivity contribution >= 4 is 28.2 Å². The number of likely N-dealkylation sites (N-methyl/N-ethyl adjacent to an activating group) is 1. The standard InChI is InChI=1S/C29H31ClN4O2/c1-31-15-17-32(18-16-31)25-19-24(30)20-26-27(25)28(35)33(14-8-13-22-9-4-2-5-10-22)29(36)34(26)21-23-11-6-3-7-12-23/h2-7,9-12,19-20H,8,13-18,21H2,1H3. The van der Waals surface area contributed by atoms with Gasteiger partial charge in [0.05, 0.1) is 23.1 Å². The fourth-order valence-electron chi connectivity index (χ4n) is 4.98. The summed E-state index contributed by atoms with van der Waals surface area (Å²) < 4.78 is 3.13. The third-order valence-corrected chi connectivity index (χ3v) is 7.21. The van der Waals surface area contributed by atoms with Gasteiger partial charge in [-0.3, -0.25) is 13.9 Å². The number of hydrogen-bond acceptors (Lipinski definition) is 4. The molecule has 0 unspecified atom stereocenters. The van der Waals surface area contributed by atoms with Gasteiger partial charge >= 0.3 is 5.69 Å². The molecule has 1 saturated heterocycles. The highest BCUT2D eigenvalue weighted by atomic mass is 35.5. The maximum Gasteiger partial charge on any atom is 0.331 e. The number of hydrogen-bond donors (Lipinski definition) is 0. The summed E-state index contributed by atoms with van der Waals surface area (Å²) in [4.78, 5) is 32.2. The van der Waals surface area contributed by atoms with Crippen LogP contribution in [-0.4, -0.2) is 47.3 Å². The minimum Gasteiger partial charge on any atom is -0.368 e. The number of aromatic nitrogens is 2. The molecule has 36 heavy (non-hydrogen) atoms. The van der Waals surface area contributed by atoms with E-state index in [9.17, 15) is 9.59 Å². The highest BCUT2D eigenvalue weighted by Crippen LogP contribution is 2.29. The van der Waals surface area contributed by atoms with Gasteiger partial charge in [-0.1, -0.05) is 72.3 Å². The lowest BCUT2D eigenvalue weighted by atomic mass is 10.1. The molecular formula is C29H31ClN4O2.